The van der Waals surface area contributed by atoms with Crippen molar-refractivity contribution in [3.05, 3.63) is 60.3 Å². The van der Waals surface area contributed by atoms with Crippen molar-refractivity contribution in [1.82, 2.24) is 19.6 Å². The summed E-state index contributed by atoms with van der Waals surface area (Å²) in [4.78, 5) is 23.8. The Labute approximate surface area is 205 Å². The van der Waals surface area contributed by atoms with E-state index in [1.165, 1.54) is 0 Å². The quantitative estimate of drug-likeness (QED) is 0.464. The van der Waals surface area contributed by atoms with E-state index in [9.17, 15) is 13.2 Å². The van der Waals surface area contributed by atoms with Gasteiger partial charge in [0.05, 0.1) is 22.7 Å². The number of likely N-dealkylation sites (tertiary alicyclic amines) is 1. The van der Waals surface area contributed by atoms with E-state index in [2.05, 4.69) is 37.1 Å². The fraction of sp³-hybridized carbons (Fsp3) is 0.320. The van der Waals surface area contributed by atoms with Crippen LogP contribution < -0.4 is 15.4 Å². The molecular weight excluding hydrogens is 464 g/mol. The average molecular weight is 493 g/mol. The number of amides is 1. The highest BCUT2D eigenvalue weighted by molar-refractivity contribution is 7.89. The number of hydrogen-bond acceptors (Lipinski definition) is 7. The molecule has 5 rings (SSSR count). The summed E-state index contributed by atoms with van der Waals surface area (Å²) in [7, 11) is -3.58. The van der Waals surface area contributed by atoms with Crippen molar-refractivity contribution < 1.29 is 13.2 Å². The molecule has 0 spiro atoms. The number of sulfonamides is 1. The molecule has 0 radical (unpaired) electrons. The van der Waals surface area contributed by atoms with Crippen LogP contribution in [0.15, 0.2) is 59.6 Å². The van der Waals surface area contributed by atoms with Crippen LogP contribution in [0.2, 0.25) is 0 Å². The Hall–Kier alpha value is -3.34. The smallest absolute Gasteiger partial charge is 0.240 e. The van der Waals surface area contributed by atoms with Crippen molar-refractivity contribution >= 4 is 33.3 Å². The number of carbonyl (C=O) groups is 1. The predicted octanol–water partition coefficient (Wildman–Crippen LogP) is 3.00. The number of anilines is 3. The molecule has 1 aromatic heterocycles. The van der Waals surface area contributed by atoms with Gasteiger partial charge in [-0.15, -0.1) is 0 Å². The van der Waals surface area contributed by atoms with Crippen LogP contribution in [0.25, 0.3) is 11.3 Å². The van der Waals surface area contributed by atoms with E-state index in [-0.39, 0.29) is 17.2 Å². The molecule has 10 heteroatoms. The molecule has 9 nitrogen and oxygen atoms in total. The van der Waals surface area contributed by atoms with Gasteiger partial charge in [-0.1, -0.05) is 25.1 Å². The third-order valence-corrected chi connectivity index (χ3v) is 7.91. The molecular formula is C25H28N6O3S. The molecule has 1 saturated heterocycles. The zero-order valence-electron chi connectivity index (χ0n) is 19.5. The zero-order valence-corrected chi connectivity index (χ0v) is 20.3. The molecule has 1 amide bonds. The summed E-state index contributed by atoms with van der Waals surface area (Å²) < 4.78 is 28.2. The van der Waals surface area contributed by atoms with E-state index in [0.717, 1.165) is 37.2 Å². The normalized spacial score (nSPS) is 17.9. The number of fused-ring (bicyclic) bond motifs is 3. The molecule has 1 fully saturated rings. The van der Waals surface area contributed by atoms with Gasteiger partial charge in [0, 0.05) is 36.1 Å². The van der Waals surface area contributed by atoms with Crippen molar-refractivity contribution in [2.75, 3.05) is 36.8 Å². The lowest BCUT2D eigenvalue weighted by Gasteiger charge is -2.14. The van der Waals surface area contributed by atoms with Crippen LogP contribution in [0.1, 0.15) is 18.9 Å². The van der Waals surface area contributed by atoms with Crippen LogP contribution in [0.4, 0.5) is 17.3 Å². The van der Waals surface area contributed by atoms with Gasteiger partial charge in [-0.2, -0.15) is 0 Å². The molecule has 2 aliphatic heterocycles. The minimum absolute atomic E-state index is 0.110. The summed E-state index contributed by atoms with van der Waals surface area (Å²) in [5, 5.41) is 6.03. The highest BCUT2D eigenvalue weighted by Gasteiger charge is 2.24. The summed E-state index contributed by atoms with van der Waals surface area (Å²) >= 11 is 0. The number of nitrogens with one attached hydrogen (secondary N) is 3. The Morgan fingerprint density at radius 3 is 2.71 bits per heavy atom. The van der Waals surface area contributed by atoms with E-state index in [0.29, 0.717) is 35.5 Å². The number of hydrogen-bond donors (Lipinski definition) is 3. The van der Waals surface area contributed by atoms with Gasteiger partial charge in [0.15, 0.2) is 0 Å². The minimum Gasteiger partial charge on any atom is -0.325 e. The van der Waals surface area contributed by atoms with Crippen LogP contribution in [0.3, 0.4) is 0 Å². The van der Waals surface area contributed by atoms with Crippen molar-refractivity contribution in [2.45, 2.75) is 24.7 Å². The van der Waals surface area contributed by atoms with Crippen molar-refractivity contribution in [1.29, 1.82) is 0 Å². The van der Waals surface area contributed by atoms with Crippen LogP contribution in [-0.2, 0) is 21.2 Å². The van der Waals surface area contributed by atoms with E-state index >= 15 is 0 Å². The lowest BCUT2D eigenvalue weighted by molar-refractivity contribution is -0.115. The Bertz CT molecular complexity index is 1340. The fourth-order valence-corrected chi connectivity index (χ4v) is 5.64. The standard InChI is InChI=1S/C25H28N6O3S/c1-2-31-12-11-17(16-31)14-27-35(33,34)20-9-7-19(8-10-20)28-25-26-15-18-13-23(32)29-22-6-4-3-5-21(22)24(18)30-25/h3-10,15,17,27H,2,11-14,16H2,1H3,(H,29,32)(H,26,28,30). The predicted molar refractivity (Wildman–Crippen MR) is 135 cm³/mol. The third-order valence-electron chi connectivity index (χ3n) is 6.47. The van der Waals surface area contributed by atoms with Gasteiger partial charge in [-0.25, -0.2) is 23.1 Å². The van der Waals surface area contributed by atoms with Crippen molar-refractivity contribution in [3.63, 3.8) is 0 Å². The van der Waals surface area contributed by atoms with Gasteiger partial charge < -0.3 is 15.5 Å². The molecule has 0 aliphatic carbocycles. The monoisotopic (exact) mass is 492 g/mol. The lowest BCUT2D eigenvalue weighted by atomic mass is 10.1. The number of rotatable bonds is 7. The van der Waals surface area contributed by atoms with Crippen molar-refractivity contribution in [3.8, 4) is 11.3 Å². The average Bonchev–Trinajstić information content (AvgIpc) is 3.27. The second-order valence-electron chi connectivity index (χ2n) is 8.89. The van der Waals surface area contributed by atoms with Gasteiger partial charge in [-0.05, 0) is 55.8 Å². The Morgan fingerprint density at radius 1 is 1.14 bits per heavy atom. The Morgan fingerprint density at radius 2 is 1.94 bits per heavy atom. The van der Waals surface area contributed by atoms with Gasteiger partial charge in [0.2, 0.25) is 21.9 Å². The van der Waals surface area contributed by atoms with Gasteiger partial charge in [0.1, 0.15) is 0 Å². The molecule has 182 valence electrons. The number of aromatic nitrogens is 2. The molecule has 3 heterocycles. The molecule has 3 N–H and O–H groups in total. The molecule has 0 saturated carbocycles. The van der Waals surface area contributed by atoms with E-state index in [4.69, 9.17) is 0 Å². The maximum Gasteiger partial charge on any atom is 0.240 e. The first kappa shape index (κ1) is 23.4. The van der Waals surface area contributed by atoms with Crippen molar-refractivity contribution in [2.24, 2.45) is 5.92 Å². The van der Waals surface area contributed by atoms with Gasteiger partial charge >= 0.3 is 0 Å². The summed E-state index contributed by atoms with van der Waals surface area (Å²) in [6.45, 7) is 5.51. The lowest BCUT2D eigenvalue weighted by Crippen LogP contribution is -2.31. The molecule has 35 heavy (non-hydrogen) atoms. The molecule has 2 aliphatic rings. The van der Waals surface area contributed by atoms with Gasteiger partial charge in [-0.3, -0.25) is 4.79 Å². The number of para-hydroxylation sites is 1. The zero-order chi connectivity index (χ0) is 24.4. The third kappa shape index (κ3) is 5.19. The minimum atomic E-state index is -3.58. The summed E-state index contributed by atoms with van der Waals surface area (Å²) in [6.07, 6.45) is 2.85. The fourth-order valence-electron chi connectivity index (χ4n) is 4.52. The topological polar surface area (TPSA) is 116 Å². The summed E-state index contributed by atoms with van der Waals surface area (Å²) in [5.41, 5.74) is 3.64. The Balaban J connectivity index is 1.29. The summed E-state index contributed by atoms with van der Waals surface area (Å²) in [5.74, 6) is 0.594. The first-order valence-electron chi connectivity index (χ1n) is 11.8. The largest absolute Gasteiger partial charge is 0.325 e. The Kier molecular flexibility index (Phi) is 6.50. The van der Waals surface area contributed by atoms with Gasteiger partial charge in [0.25, 0.3) is 0 Å². The highest BCUT2D eigenvalue weighted by Crippen LogP contribution is 2.32. The maximum absolute atomic E-state index is 12.7. The second-order valence-corrected chi connectivity index (χ2v) is 10.7. The number of benzene rings is 2. The molecule has 1 atom stereocenters. The summed E-state index contributed by atoms with van der Waals surface area (Å²) in [6, 6.07) is 14.0. The van der Waals surface area contributed by atoms with Crippen LogP contribution in [0, 0.1) is 5.92 Å². The first-order chi connectivity index (χ1) is 16.9. The molecule has 3 aromatic rings. The molecule has 0 bridgehead atoms. The van der Waals surface area contributed by atoms with E-state index in [1.54, 1.807) is 30.5 Å². The number of nitrogens with zero attached hydrogens (tertiary/aromatic N) is 3. The number of carbonyl (C=O) groups excluding carboxylic acids is 1. The maximum atomic E-state index is 12.7. The van der Waals surface area contributed by atoms with Crippen LogP contribution in [-0.4, -0.2) is 55.4 Å². The van der Waals surface area contributed by atoms with E-state index in [1.807, 2.05) is 24.3 Å². The SMILES string of the molecule is CCN1CCC(CNS(=O)(=O)c2ccc(Nc3ncc4c(n3)-c3ccccc3NC(=O)C4)cc2)C1. The first-order valence-corrected chi connectivity index (χ1v) is 13.2. The molecule has 1 unspecified atom stereocenters. The second kappa shape index (κ2) is 9.73. The van der Waals surface area contributed by atoms with Crippen LogP contribution >= 0.6 is 0 Å². The highest BCUT2D eigenvalue weighted by atomic mass is 32.2. The molecule has 2 aromatic carbocycles. The van der Waals surface area contributed by atoms with E-state index < -0.39 is 10.0 Å². The van der Waals surface area contributed by atoms with Crippen LogP contribution in [0.5, 0.6) is 0 Å².